The topological polar surface area (TPSA) is 76.1 Å². The highest BCUT2D eigenvalue weighted by Crippen LogP contribution is 2.39. The lowest BCUT2D eigenvalue weighted by Gasteiger charge is -2.25. The molecule has 1 aliphatic heterocycles. The van der Waals surface area contributed by atoms with Gasteiger partial charge in [-0.05, 0) is 35.7 Å². The summed E-state index contributed by atoms with van der Waals surface area (Å²) in [5.41, 5.74) is 1.11. The Balaban J connectivity index is 2.07. The van der Waals surface area contributed by atoms with Crippen molar-refractivity contribution < 1.29 is 24.2 Å². The lowest BCUT2D eigenvalue weighted by atomic mass is 9.95. The number of carbonyl (C=O) groups is 2. The fourth-order valence-electron chi connectivity index (χ4n) is 3.44. The molecule has 2 aromatic carbocycles. The fraction of sp³-hybridized carbons (Fsp3) is 0.333. The molecule has 0 bridgehead atoms. The Kier molecular flexibility index (Phi) is 7.36. The summed E-state index contributed by atoms with van der Waals surface area (Å²) in [4.78, 5) is 27.1. The normalized spacial score (nSPS) is 18.1. The third kappa shape index (κ3) is 5.09. The highest BCUT2D eigenvalue weighted by atomic mass is 35.5. The van der Waals surface area contributed by atoms with Gasteiger partial charge in [0.05, 0.1) is 24.8 Å². The van der Waals surface area contributed by atoms with Gasteiger partial charge in [0, 0.05) is 24.2 Å². The molecule has 1 aliphatic rings. The van der Waals surface area contributed by atoms with Crippen LogP contribution >= 0.6 is 11.6 Å². The first-order valence-electron chi connectivity index (χ1n) is 10.1. The second-order valence-corrected chi connectivity index (χ2v) is 8.21. The maximum absolute atomic E-state index is 12.9. The molecular weight excluding hydrogens is 418 g/mol. The van der Waals surface area contributed by atoms with Gasteiger partial charge in [-0.15, -0.1) is 0 Å². The van der Waals surface area contributed by atoms with Crippen molar-refractivity contribution in [3.05, 3.63) is 70.3 Å². The number of halogens is 1. The van der Waals surface area contributed by atoms with Gasteiger partial charge in [0.2, 0.25) is 0 Å². The first kappa shape index (κ1) is 22.8. The van der Waals surface area contributed by atoms with E-state index in [0.717, 1.165) is 0 Å². The summed E-state index contributed by atoms with van der Waals surface area (Å²) in [6, 6.07) is 13.0. The van der Waals surface area contributed by atoms with Crippen LogP contribution in [0.5, 0.6) is 5.75 Å². The number of likely N-dealkylation sites (tertiary alicyclic amines) is 1. The van der Waals surface area contributed by atoms with Crippen LogP contribution in [0.4, 0.5) is 0 Å². The SMILES string of the molecule is COCCN1C(=O)C(=O)/C(=C(\O)c2cccc(OCC(C)C)c2)C1c1ccc(Cl)cc1. The van der Waals surface area contributed by atoms with Gasteiger partial charge in [0.1, 0.15) is 11.5 Å². The van der Waals surface area contributed by atoms with E-state index in [2.05, 4.69) is 0 Å². The monoisotopic (exact) mass is 443 g/mol. The molecule has 1 atom stereocenters. The summed E-state index contributed by atoms with van der Waals surface area (Å²) in [7, 11) is 1.52. The molecule has 0 aromatic heterocycles. The first-order chi connectivity index (χ1) is 14.8. The molecular formula is C24H26ClNO5. The number of hydrogen-bond acceptors (Lipinski definition) is 5. The molecule has 1 unspecified atom stereocenters. The van der Waals surface area contributed by atoms with Crippen molar-refractivity contribution >= 4 is 29.1 Å². The number of benzene rings is 2. The maximum atomic E-state index is 12.9. The molecule has 1 heterocycles. The number of ether oxygens (including phenoxy) is 2. The standard InChI is InChI=1S/C24H26ClNO5/c1-15(2)14-31-19-6-4-5-17(13-19)22(27)20-21(16-7-9-18(25)10-8-16)26(11-12-30-3)24(29)23(20)28/h4-10,13,15,21,27H,11-12,14H2,1-3H3/b22-20-. The van der Waals surface area contributed by atoms with Crippen molar-refractivity contribution in [2.75, 3.05) is 26.9 Å². The van der Waals surface area contributed by atoms with Crippen LogP contribution in [0.1, 0.15) is 31.0 Å². The molecule has 164 valence electrons. The fourth-order valence-corrected chi connectivity index (χ4v) is 3.57. The average molecular weight is 444 g/mol. The quantitative estimate of drug-likeness (QED) is 0.370. The van der Waals surface area contributed by atoms with Crippen molar-refractivity contribution in [1.29, 1.82) is 0 Å². The molecule has 6 nitrogen and oxygen atoms in total. The van der Waals surface area contributed by atoms with Crippen LogP contribution in [0.2, 0.25) is 5.02 Å². The second kappa shape index (κ2) is 9.98. The number of methoxy groups -OCH3 is 1. The Morgan fingerprint density at radius 3 is 2.52 bits per heavy atom. The van der Waals surface area contributed by atoms with Crippen LogP contribution in [0, 0.1) is 5.92 Å². The summed E-state index contributed by atoms with van der Waals surface area (Å²) in [5.74, 6) is -0.733. The van der Waals surface area contributed by atoms with Crippen molar-refractivity contribution in [2.24, 2.45) is 5.92 Å². The van der Waals surface area contributed by atoms with Crippen LogP contribution in [0.3, 0.4) is 0 Å². The number of nitrogens with zero attached hydrogens (tertiary/aromatic N) is 1. The second-order valence-electron chi connectivity index (χ2n) is 7.77. The van der Waals surface area contributed by atoms with Gasteiger partial charge in [-0.25, -0.2) is 0 Å². The minimum absolute atomic E-state index is 0.0319. The summed E-state index contributed by atoms with van der Waals surface area (Å²) in [5, 5.41) is 11.6. The molecule has 1 saturated heterocycles. The molecule has 1 amide bonds. The number of rotatable bonds is 8. The van der Waals surface area contributed by atoms with Crippen LogP contribution < -0.4 is 4.74 Å². The van der Waals surface area contributed by atoms with E-state index in [1.807, 2.05) is 13.8 Å². The Hall–Kier alpha value is -2.83. The third-order valence-corrected chi connectivity index (χ3v) is 5.20. The molecule has 0 saturated carbocycles. The van der Waals surface area contributed by atoms with Crippen LogP contribution in [0.15, 0.2) is 54.1 Å². The molecule has 3 rings (SSSR count). The number of Topliss-reactive ketones (excluding diaryl/α,β-unsaturated/α-hetero) is 1. The lowest BCUT2D eigenvalue weighted by Crippen LogP contribution is -2.32. The van der Waals surface area contributed by atoms with E-state index in [4.69, 9.17) is 21.1 Å². The van der Waals surface area contributed by atoms with E-state index in [1.54, 1.807) is 48.5 Å². The molecule has 0 spiro atoms. The summed E-state index contributed by atoms with van der Waals surface area (Å²) in [6.45, 7) is 5.07. The third-order valence-electron chi connectivity index (χ3n) is 4.95. The van der Waals surface area contributed by atoms with E-state index >= 15 is 0 Å². The molecule has 0 radical (unpaired) electrons. The highest BCUT2D eigenvalue weighted by molar-refractivity contribution is 6.46. The van der Waals surface area contributed by atoms with Crippen molar-refractivity contribution in [3.63, 3.8) is 0 Å². The van der Waals surface area contributed by atoms with Gasteiger partial charge in [-0.3, -0.25) is 9.59 Å². The molecule has 1 N–H and O–H groups in total. The minimum atomic E-state index is -0.743. The first-order valence-corrected chi connectivity index (χ1v) is 10.5. The summed E-state index contributed by atoms with van der Waals surface area (Å²) < 4.78 is 10.9. The molecule has 2 aromatic rings. The lowest BCUT2D eigenvalue weighted by molar-refractivity contribution is -0.140. The zero-order chi connectivity index (χ0) is 22.5. The zero-order valence-electron chi connectivity index (χ0n) is 17.8. The number of amides is 1. The van der Waals surface area contributed by atoms with Gasteiger partial charge >= 0.3 is 0 Å². The summed E-state index contributed by atoms with van der Waals surface area (Å²) in [6.07, 6.45) is 0. The zero-order valence-corrected chi connectivity index (χ0v) is 18.6. The largest absolute Gasteiger partial charge is 0.507 e. The molecule has 0 aliphatic carbocycles. The van der Waals surface area contributed by atoms with Crippen LogP contribution in [0.25, 0.3) is 5.76 Å². The van der Waals surface area contributed by atoms with E-state index in [0.29, 0.717) is 34.4 Å². The Labute approximate surface area is 187 Å². The Morgan fingerprint density at radius 2 is 1.87 bits per heavy atom. The van der Waals surface area contributed by atoms with Gasteiger partial charge in [0.25, 0.3) is 11.7 Å². The van der Waals surface area contributed by atoms with E-state index in [-0.39, 0.29) is 24.5 Å². The maximum Gasteiger partial charge on any atom is 0.295 e. The average Bonchev–Trinajstić information content (AvgIpc) is 3.01. The smallest absolute Gasteiger partial charge is 0.295 e. The number of aliphatic hydroxyl groups excluding tert-OH is 1. The van der Waals surface area contributed by atoms with Gasteiger partial charge in [-0.2, -0.15) is 0 Å². The van der Waals surface area contributed by atoms with Gasteiger partial charge in [-0.1, -0.05) is 49.7 Å². The minimum Gasteiger partial charge on any atom is -0.507 e. The molecule has 7 heteroatoms. The van der Waals surface area contributed by atoms with Gasteiger partial charge < -0.3 is 19.5 Å². The van der Waals surface area contributed by atoms with Crippen LogP contribution in [-0.2, 0) is 14.3 Å². The number of carbonyl (C=O) groups excluding carboxylic acids is 2. The van der Waals surface area contributed by atoms with E-state index in [1.165, 1.54) is 12.0 Å². The van der Waals surface area contributed by atoms with Crippen molar-refractivity contribution in [3.8, 4) is 5.75 Å². The van der Waals surface area contributed by atoms with Gasteiger partial charge in [0.15, 0.2) is 0 Å². The summed E-state index contributed by atoms with van der Waals surface area (Å²) >= 11 is 6.02. The predicted molar refractivity (Wildman–Crippen MR) is 119 cm³/mol. The number of aliphatic hydroxyl groups is 1. The van der Waals surface area contributed by atoms with E-state index < -0.39 is 17.7 Å². The predicted octanol–water partition coefficient (Wildman–Crippen LogP) is 4.44. The van der Waals surface area contributed by atoms with Crippen molar-refractivity contribution in [2.45, 2.75) is 19.9 Å². The number of ketones is 1. The molecule has 31 heavy (non-hydrogen) atoms. The molecule has 1 fully saturated rings. The Morgan fingerprint density at radius 1 is 1.16 bits per heavy atom. The van der Waals surface area contributed by atoms with E-state index in [9.17, 15) is 14.7 Å². The number of hydrogen-bond donors (Lipinski definition) is 1. The highest BCUT2D eigenvalue weighted by Gasteiger charge is 2.45. The van der Waals surface area contributed by atoms with Crippen molar-refractivity contribution in [1.82, 2.24) is 4.90 Å². The van der Waals surface area contributed by atoms with Crippen LogP contribution in [-0.4, -0.2) is 48.6 Å². The Bertz CT molecular complexity index is 984.